The van der Waals surface area contributed by atoms with Crippen molar-refractivity contribution in [3.8, 4) is 0 Å². The van der Waals surface area contributed by atoms with E-state index in [-0.39, 0.29) is 24.2 Å². The summed E-state index contributed by atoms with van der Waals surface area (Å²) in [5.41, 5.74) is 8.74. The second-order valence-electron chi connectivity index (χ2n) is 6.95. The summed E-state index contributed by atoms with van der Waals surface area (Å²) in [6.45, 7) is 0. The zero-order valence-corrected chi connectivity index (χ0v) is 14.3. The van der Waals surface area contributed by atoms with Crippen molar-refractivity contribution in [2.75, 3.05) is 5.32 Å². The smallest absolute Gasteiger partial charge is 0.227 e. The van der Waals surface area contributed by atoms with Crippen molar-refractivity contribution >= 4 is 35.0 Å². The molecule has 1 aromatic heterocycles. The molecule has 2 unspecified atom stereocenters. The number of hydrogen-bond acceptors (Lipinski definition) is 4. The third-order valence-corrected chi connectivity index (χ3v) is 5.52. The SMILES string of the molecule is Cl.NC1C2CCCC1CC(C(=O)Nc1ccc3nccnc3c1)C2. The van der Waals surface area contributed by atoms with Crippen LogP contribution in [0.15, 0.2) is 30.6 Å². The molecule has 3 N–H and O–H groups in total. The van der Waals surface area contributed by atoms with Crippen molar-refractivity contribution in [1.82, 2.24) is 9.97 Å². The summed E-state index contributed by atoms with van der Waals surface area (Å²) < 4.78 is 0. The summed E-state index contributed by atoms with van der Waals surface area (Å²) in [6, 6.07) is 5.97. The Morgan fingerprint density at radius 3 is 2.46 bits per heavy atom. The maximum atomic E-state index is 12.7. The van der Waals surface area contributed by atoms with E-state index in [1.807, 2.05) is 18.2 Å². The maximum absolute atomic E-state index is 12.7. The van der Waals surface area contributed by atoms with Crippen LogP contribution in [0.1, 0.15) is 32.1 Å². The summed E-state index contributed by atoms with van der Waals surface area (Å²) in [5.74, 6) is 1.24. The van der Waals surface area contributed by atoms with Gasteiger partial charge in [0.1, 0.15) is 0 Å². The molecule has 2 bridgehead atoms. The molecule has 0 saturated heterocycles. The fraction of sp³-hybridized carbons (Fsp3) is 0.500. The molecular weight excluding hydrogens is 324 g/mol. The van der Waals surface area contributed by atoms with Crippen molar-refractivity contribution in [1.29, 1.82) is 0 Å². The van der Waals surface area contributed by atoms with E-state index in [0.29, 0.717) is 17.9 Å². The lowest BCUT2D eigenvalue weighted by atomic mass is 9.65. The number of amides is 1. The van der Waals surface area contributed by atoms with Crippen molar-refractivity contribution in [2.24, 2.45) is 23.5 Å². The summed E-state index contributed by atoms with van der Waals surface area (Å²) >= 11 is 0. The van der Waals surface area contributed by atoms with Crippen LogP contribution >= 0.6 is 12.4 Å². The van der Waals surface area contributed by atoms with E-state index in [1.54, 1.807) is 12.4 Å². The first kappa shape index (κ1) is 17.1. The normalized spacial score (nSPS) is 28.9. The Kier molecular flexibility index (Phi) is 5.01. The van der Waals surface area contributed by atoms with Gasteiger partial charge in [0.2, 0.25) is 5.91 Å². The molecule has 2 fully saturated rings. The lowest BCUT2D eigenvalue weighted by Crippen LogP contribution is -2.48. The number of carbonyl (C=O) groups is 1. The molecule has 1 aromatic carbocycles. The monoisotopic (exact) mass is 346 g/mol. The van der Waals surface area contributed by atoms with Gasteiger partial charge in [0.25, 0.3) is 0 Å². The van der Waals surface area contributed by atoms with E-state index in [0.717, 1.165) is 29.6 Å². The van der Waals surface area contributed by atoms with Crippen LogP contribution in [0.5, 0.6) is 0 Å². The van der Waals surface area contributed by atoms with E-state index in [2.05, 4.69) is 15.3 Å². The van der Waals surface area contributed by atoms with Crippen LogP contribution in [0, 0.1) is 17.8 Å². The number of nitrogens with zero attached hydrogens (tertiary/aromatic N) is 2. The molecule has 24 heavy (non-hydrogen) atoms. The number of anilines is 1. The van der Waals surface area contributed by atoms with Gasteiger partial charge in [-0.05, 0) is 55.7 Å². The predicted octanol–water partition coefficient (Wildman–Crippen LogP) is 3.14. The van der Waals surface area contributed by atoms with Crippen molar-refractivity contribution in [2.45, 2.75) is 38.1 Å². The zero-order chi connectivity index (χ0) is 15.8. The average Bonchev–Trinajstić information content (AvgIpc) is 2.54. The molecule has 1 heterocycles. The molecule has 128 valence electrons. The minimum absolute atomic E-state index is 0. The number of carbonyl (C=O) groups excluding carboxylic acids is 1. The topological polar surface area (TPSA) is 80.9 Å². The Morgan fingerprint density at radius 1 is 1.08 bits per heavy atom. The second kappa shape index (κ2) is 7.03. The van der Waals surface area contributed by atoms with Gasteiger partial charge < -0.3 is 11.1 Å². The van der Waals surface area contributed by atoms with Crippen molar-refractivity contribution < 1.29 is 4.79 Å². The largest absolute Gasteiger partial charge is 0.327 e. The van der Waals surface area contributed by atoms with Gasteiger partial charge in [-0.25, -0.2) is 0 Å². The minimum Gasteiger partial charge on any atom is -0.327 e. The van der Waals surface area contributed by atoms with E-state index < -0.39 is 0 Å². The molecule has 6 heteroatoms. The van der Waals surface area contributed by atoms with Gasteiger partial charge in [0, 0.05) is 30.0 Å². The first-order chi connectivity index (χ1) is 11.2. The van der Waals surface area contributed by atoms with Crippen LogP contribution in [-0.2, 0) is 4.79 Å². The first-order valence-corrected chi connectivity index (χ1v) is 8.48. The van der Waals surface area contributed by atoms with E-state index in [1.165, 1.54) is 19.3 Å². The highest BCUT2D eigenvalue weighted by molar-refractivity contribution is 5.94. The minimum atomic E-state index is 0. The molecular formula is C18H23ClN4O. The Hall–Kier alpha value is -1.72. The lowest BCUT2D eigenvalue weighted by Gasteiger charge is -2.43. The Labute approximate surface area is 147 Å². The number of fused-ring (bicyclic) bond motifs is 3. The van der Waals surface area contributed by atoms with Gasteiger partial charge in [-0.1, -0.05) is 6.42 Å². The molecule has 2 aromatic rings. The molecule has 0 spiro atoms. The third-order valence-electron chi connectivity index (χ3n) is 5.52. The molecule has 0 radical (unpaired) electrons. The van der Waals surface area contributed by atoms with Gasteiger partial charge in [-0.2, -0.15) is 0 Å². The molecule has 2 saturated carbocycles. The van der Waals surface area contributed by atoms with Gasteiger partial charge in [-0.15, -0.1) is 12.4 Å². The van der Waals surface area contributed by atoms with E-state index in [9.17, 15) is 4.79 Å². The number of benzene rings is 1. The Balaban J connectivity index is 0.00000169. The zero-order valence-electron chi connectivity index (χ0n) is 13.5. The van der Waals surface area contributed by atoms with Crippen molar-refractivity contribution in [3.63, 3.8) is 0 Å². The van der Waals surface area contributed by atoms with Crippen LogP contribution in [0.25, 0.3) is 11.0 Å². The fourth-order valence-electron chi connectivity index (χ4n) is 4.29. The molecule has 2 aliphatic rings. The summed E-state index contributed by atoms with van der Waals surface area (Å²) in [4.78, 5) is 21.2. The summed E-state index contributed by atoms with van der Waals surface area (Å²) in [7, 11) is 0. The summed E-state index contributed by atoms with van der Waals surface area (Å²) in [5, 5.41) is 3.06. The van der Waals surface area contributed by atoms with E-state index in [4.69, 9.17) is 5.73 Å². The Morgan fingerprint density at radius 2 is 1.75 bits per heavy atom. The van der Waals surface area contributed by atoms with Crippen LogP contribution in [0.4, 0.5) is 5.69 Å². The van der Waals surface area contributed by atoms with Gasteiger partial charge in [0.15, 0.2) is 0 Å². The standard InChI is InChI=1S/C18H22N4O.ClH/c19-17-11-2-1-3-12(17)9-13(8-11)18(23)22-14-4-5-15-16(10-14)21-7-6-20-15;/h4-7,10-13,17H,1-3,8-9,19H2,(H,22,23);1H. The van der Waals surface area contributed by atoms with Gasteiger partial charge >= 0.3 is 0 Å². The number of nitrogens with two attached hydrogens (primary N) is 1. The second-order valence-corrected chi connectivity index (χ2v) is 6.95. The van der Waals surface area contributed by atoms with Gasteiger partial charge in [-0.3, -0.25) is 14.8 Å². The first-order valence-electron chi connectivity index (χ1n) is 8.48. The maximum Gasteiger partial charge on any atom is 0.227 e. The Bertz CT molecular complexity index is 724. The van der Waals surface area contributed by atoms with E-state index >= 15 is 0 Å². The molecule has 0 aliphatic heterocycles. The highest BCUT2D eigenvalue weighted by atomic mass is 35.5. The van der Waals surface area contributed by atoms with Crippen LogP contribution in [-0.4, -0.2) is 21.9 Å². The van der Waals surface area contributed by atoms with Gasteiger partial charge in [0.05, 0.1) is 11.0 Å². The lowest BCUT2D eigenvalue weighted by molar-refractivity contribution is -0.122. The number of halogens is 1. The number of rotatable bonds is 2. The molecule has 2 aliphatic carbocycles. The molecule has 5 nitrogen and oxygen atoms in total. The predicted molar refractivity (Wildman–Crippen MR) is 96.9 cm³/mol. The highest BCUT2D eigenvalue weighted by Crippen LogP contribution is 2.42. The van der Waals surface area contributed by atoms with Crippen molar-refractivity contribution in [3.05, 3.63) is 30.6 Å². The molecule has 4 rings (SSSR count). The molecule has 1 amide bonds. The number of hydrogen-bond donors (Lipinski definition) is 2. The van der Waals surface area contributed by atoms with Crippen LogP contribution in [0.3, 0.4) is 0 Å². The highest BCUT2D eigenvalue weighted by Gasteiger charge is 2.40. The molecule has 2 atom stereocenters. The average molecular weight is 347 g/mol. The van der Waals surface area contributed by atoms with Crippen LogP contribution in [0.2, 0.25) is 0 Å². The van der Waals surface area contributed by atoms with Crippen LogP contribution < -0.4 is 11.1 Å². The third kappa shape index (κ3) is 3.23. The number of aromatic nitrogens is 2. The fourth-order valence-corrected chi connectivity index (χ4v) is 4.29. The summed E-state index contributed by atoms with van der Waals surface area (Å²) in [6.07, 6.45) is 8.80. The number of nitrogens with one attached hydrogen (secondary N) is 1. The quantitative estimate of drug-likeness (QED) is 0.875.